The summed E-state index contributed by atoms with van der Waals surface area (Å²) < 4.78 is 48.4. The second kappa shape index (κ2) is 12.1. The molecule has 1 aliphatic heterocycles. The largest absolute Gasteiger partial charge is 0.492 e. The van der Waals surface area contributed by atoms with Gasteiger partial charge in [0.1, 0.15) is 12.4 Å². The summed E-state index contributed by atoms with van der Waals surface area (Å²) in [5.41, 5.74) is 16.5. The number of ether oxygens (including phenoxy) is 1. The van der Waals surface area contributed by atoms with Crippen LogP contribution in [0.25, 0.3) is 11.1 Å². The number of rotatable bonds is 10. The first kappa shape index (κ1) is 32.0. The number of hydrogen-bond donors (Lipinski definition) is 4. The molecule has 0 spiro atoms. The van der Waals surface area contributed by atoms with Crippen LogP contribution in [0.2, 0.25) is 5.02 Å². The van der Waals surface area contributed by atoms with E-state index in [9.17, 15) is 13.2 Å². The van der Waals surface area contributed by atoms with Gasteiger partial charge in [-0.05, 0) is 66.6 Å². The van der Waals surface area contributed by atoms with E-state index in [1.54, 1.807) is 24.3 Å². The lowest BCUT2D eigenvalue weighted by molar-refractivity contribution is -0.137. The Morgan fingerprint density at radius 1 is 0.950 bits per heavy atom. The van der Waals surface area contributed by atoms with Crippen molar-refractivity contribution >= 4 is 17.6 Å². The topological polar surface area (TPSA) is 101 Å². The van der Waals surface area contributed by atoms with Crippen LogP contribution in [-0.2, 0) is 12.0 Å². The van der Waals surface area contributed by atoms with Gasteiger partial charge in [0.15, 0.2) is 0 Å². The third-order valence-electron chi connectivity index (χ3n) is 6.69. The second-order valence-electron chi connectivity index (χ2n) is 12.7. The van der Waals surface area contributed by atoms with Gasteiger partial charge in [0.25, 0.3) is 0 Å². The van der Waals surface area contributed by atoms with Gasteiger partial charge in [-0.2, -0.15) is 18.6 Å². The number of aliphatic imine (C=N–C) groups is 1. The van der Waals surface area contributed by atoms with E-state index < -0.39 is 17.5 Å². The lowest BCUT2D eigenvalue weighted by Gasteiger charge is -2.29. The van der Waals surface area contributed by atoms with Crippen molar-refractivity contribution in [3.8, 4) is 16.9 Å². The molecule has 40 heavy (non-hydrogen) atoms. The van der Waals surface area contributed by atoms with E-state index in [-0.39, 0.29) is 32.9 Å². The van der Waals surface area contributed by atoms with Crippen molar-refractivity contribution in [1.82, 2.24) is 15.8 Å². The van der Waals surface area contributed by atoms with Gasteiger partial charge >= 0.3 is 6.18 Å². The van der Waals surface area contributed by atoms with Crippen LogP contribution in [0.5, 0.6) is 5.75 Å². The molecular formula is C29H42ClF3N6O. The van der Waals surface area contributed by atoms with E-state index in [2.05, 4.69) is 62.3 Å². The number of alkyl halides is 3. The minimum atomic E-state index is -4.69. The third kappa shape index (κ3) is 8.99. The fourth-order valence-corrected chi connectivity index (χ4v) is 4.55. The van der Waals surface area contributed by atoms with Crippen molar-refractivity contribution in [2.75, 3.05) is 26.2 Å². The maximum Gasteiger partial charge on any atom is 0.417 e. The van der Waals surface area contributed by atoms with Crippen LogP contribution in [0.4, 0.5) is 13.2 Å². The molecule has 0 aromatic heterocycles. The smallest absolute Gasteiger partial charge is 0.417 e. The van der Waals surface area contributed by atoms with Gasteiger partial charge in [0.2, 0.25) is 11.7 Å². The molecule has 1 heterocycles. The monoisotopic (exact) mass is 582 g/mol. The Balaban J connectivity index is 1.75. The zero-order valence-corrected chi connectivity index (χ0v) is 24.9. The Bertz CT molecular complexity index is 1170. The first-order valence-electron chi connectivity index (χ1n) is 13.4. The molecule has 0 saturated carbocycles. The number of nitrogens with two attached hydrogens (primary N) is 2. The van der Waals surface area contributed by atoms with Crippen LogP contribution in [0, 0.1) is 10.8 Å². The average Bonchev–Trinajstić information content (AvgIpc) is 3.18. The molecule has 0 aliphatic carbocycles. The maximum absolute atomic E-state index is 14.2. The first-order chi connectivity index (χ1) is 18.4. The molecule has 2 aromatic rings. The van der Waals surface area contributed by atoms with Gasteiger partial charge in [0, 0.05) is 22.7 Å². The number of benzene rings is 2. The normalized spacial score (nSPS) is 18.1. The van der Waals surface area contributed by atoms with Crippen LogP contribution in [-0.4, -0.2) is 37.1 Å². The van der Waals surface area contributed by atoms with Crippen molar-refractivity contribution in [2.24, 2.45) is 27.3 Å². The number of nitrogens with zero attached hydrogens (tertiary/aromatic N) is 2. The summed E-state index contributed by atoms with van der Waals surface area (Å²) in [6.07, 6.45) is -2.54. The summed E-state index contributed by atoms with van der Waals surface area (Å²) in [6, 6.07) is 8.76. The summed E-state index contributed by atoms with van der Waals surface area (Å²) in [7, 11) is 0. The van der Waals surface area contributed by atoms with Crippen LogP contribution in [0.15, 0.2) is 41.4 Å². The van der Waals surface area contributed by atoms with Gasteiger partial charge in [0.05, 0.1) is 5.56 Å². The molecule has 2 aromatic carbocycles. The highest BCUT2D eigenvalue weighted by Gasteiger charge is 2.39. The second-order valence-corrected chi connectivity index (χ2v) is 13.1. The molecule has 7 nitrogen and oxygen atoms in total. The van der Waals surface area contributed by atoms with Crippen molar-refractivity contribution in [1.29, 1.82) is 0 Å². The Morgan fingerprint density at radius 3 is 2.00 bits per heavy atom. The Labute approximate surface area is 240 Å². The summed E-state index contributed by atoms with van der Waals surface area (Å²) >= 11 is 6.41. The minimum absolute atomic E-state index is 0.0175. The third-order valence-corrected chi connectivity index (χ3v) is 6.99. The van der Waals surface area contributed by atoms with Crippen LogP contribution in [0.3, 0.4) is 0 Å². The van der Waals surface area contributed by atoms with Crippen LogP contribution < -0.4 is 27.1 Å². The lowest BCUT2D eigenvalue weighted by atomic mass is 9.90. The molecule has 6 N–H and O–H groups in total. The number of hydrogen-bond acceptors (Lipinski definition) is 7. The Hall–Kier alpha value is -2.53. The van der Waals surface area contributed by atoms with Gasteiger partial charge in [-0.3, -0.25) is 16.1 Å². The lowest BCUT2D eigenvalue weighted by Crippen LogP contribution is -2.50. The van der Waals surface area contributed by atoms with Gasteiger partial charge in [-0.1, -0.05) is 65.3 Å². The van der Waals surface area contributed by atoms with Crippen molar-refractivity contribution < 1.29 is 17.9 Å². The van der Waals surface area contributed by atoms with Crippen molar-refractivity contribution in [3.05, 3.63) is 52.5 Å². The zero-order valence-electron chi connectivity index (χ0n) is 24.2. The molecule has 3 rings (SSSR count). The molecular weight excluding hydrogens is 541 g/mol. The number of hydrazine groups is 1. The summed E-state index contributed by atoms with van der Waals surface area (Å²) in [6.45, 7) is 16.6. The fraction of sp³-hybridized carbons (Fsp3) is 0.552. The molecule has 11 heteroatoms. The highest BCUT2D eigenvalue weighted by molar-refractivity contribution is 6.33. The first-order valence-corrected chi connectivity index (χ1v) is 13.8. The van der Waals surface area contributed by atoms with E-state index in [4.69, 9.17) is 27.8 Å². The zero-order chi connectivity index (χ0) is 29.9. The molecule has 1 atom stereocenters. The molecule has 222 valence electrons. The molecule has 0 fully saturated rings. The summed E-state index contributed by atoms with van der Waals surface area (Å²) in [5, 5.41) is -0.112. The fourth-order valence-electron chi connectivity index (χ4n) is 4.22. The number of nitrogens with one attached hydrogen (secondary N) is 2. The summed E-state index contributed by atoms with van der Waals surface area (Å²) in [4.78, 5) is 6.38. The van der Waals surface area contributed by atoms with Crippen LogP contribution >= 0.6 is 11.6 Å². The van der Waals surface area contributed by atoms with Gasteiger partial charge in [-0.15, -0.1) is 0 Å². The highest BCUT2D eigenvalue weighted by Crippen LogP contribution is 2.43. The predicted octanol–water partition coefficient (Wildman–Crippen LogP) is 6.07. The molecule has 1 aliphatic rings. The van der Waals surface area contributed by atoms with Gasteiger partial charge in [-0.25, -0.2) is 4.99 Å². The Morgan fingerprint density at radius 2 is 1.52 bits per heavy atom. The summed E-state index contributed by atoms with van der Waals surface area (Å²) in [5.74, 6) is -1.15. The van der Waals surface area contributed by atoms with E-state index in [1.165, 1.54) is 6.07 Å². The maximum atomic E-state index is 14.2. The Kier molecular flexibility index (Phi) is 9.71. The quantitative estimate of drug-likeness (QED) is 0.271. The van der Waals surface area contributed by atoms with E-state index in [0.717, 1.165) is 38.5 Å². The number of guanidine groups is 1. The molecule has 0 bridgehead atoms. The van der Waals surface area contributed by atoms with E-state index >= 15 is 0 Å². The number of halogens is 4. The van der Waals surface area contributed by atoms with E-state index in [1.807, 2.05) is 0 Å². The standard InChI is InChI=1S/C29H42ClF3N6O/c1-26(2,3)11-13-39(14-12-27(4,5)6)15-16-40-21-9-7-19(8-10-21)24-22(28(31,32)33)17-20(18-23(24)30)29(35)36-25(34)37-38-29/h7-10,17-18,38H,11-16,35H2,1-6H3,(H3,34,36,37). The molecule has 1 unspecified atom stereocenters. The van der Waals surface area contributed by atoms with Crippen LogP contribution in [0.1, 0.15) is 65.5 Å². The average molecular weight is 583 g/mol. The molecule has 0 saturated heterocycles. The molecule has 0 radical (unpaired) electrons. The van der Waals surface area contributed by atoms with Crippen molar-refractivity contribution in [3.63, 3.8) is 0 Å². The highest BCUT2D eigenvalue weighted by atomic mass is 35.5. The predicted molar refractivity (Wildman–Crippen MR) is 156 cm³/mol. The molecule has 0 amide bonds. The van der Waals surface area contributed by atoms with Gasteiger partial charge < -0.3 is 10.5 Å². The minimum Gasteiger partial charge on any atom is -0.492 e. The van der Waals surface area contributed by atoms with Crippen molar-refractivity contribution in [2.45, 2.75) is 66.3 Å². The van der Waals surface area contributed by atoms with E-state index in [0.29, 0.717) is 17.9 Å². The SMILES string of the molecule is CC(C)(C)CCN(CCOc1ccc(-c2c(Cl)cc(C3(N)N=C(N)NN3)cc2C(F)(F)F)cc1)CCC(C)(C)C.